The first-order valence-corrected chi connectivity index (χ1v) is 13.6. The third-order valence-electron chi connectivity index (χ3n) is 7.28. The Balaban J connectivity index is 1.40. The molecule has 224 valence electrons. The highest BCUT2D eigenvalue weighted by Gasteiger charge is 2.64. The lowest BCUT2D eigenvalue weighted by atomic mass is 9.91. The number of carbonyl (C=O) groups is 5. The van der Waals surface area contributed by atoms with Crippen LogP contribution >= 0.6 is 0 Å². The summed E-state index contributed by atoms with van der Waals surface area (Å²) in [6.07, 6.45) is -1.99. The van der Waals surface area contributed by atoms with Crippen molar-refractivity contribution in [2.75, 3.05) is 6.79 Å². The smallest absolute Gasteiger partial charge is 0.408 e. The van der Waals surface area contributed by atoms with E-state index in [2.05, 4.69) is 10.6 Å². The maximum atomic E-state index is 13.4. The van der Waals surface area contributed by atoms with Gasteiger partial charge in [0.1, 0.15) is 24.7 Å². The molecule has 0 aliphatic carbocycles. The van der Waals surface area contributed by atoms with Crippen molar-refractivity contribution in [1.29, 1.82) is 0 Å². The monoisotopic (exact) mass is 581 g/mol. The van der Waals surface area contributed by atoms with E-state index in [4.69, 9.17) is 14.2 Å². The lowest BCUT2D eigenvalue weighted by Crippen LogP contribution is -2.73. The van der Waals surface area contributed by atoms with Crippen LogP contribution in [0.4, 0.5) is 4.79 Å². The van der Waals surface area contributed by atoms with Crippen LogP contribution in [0, 0.1) is 11.3 Å². The van der Waals surface area contributed by atoms with Crippen LogP contribution in [0.5, 0.6) is 0 Å². The number of aliphatic hydroxyl groups excluding tert-OH is 1. The Bertz CT molecular complexity index is 1310. The summed E-state index contributed by atoms with van der Waals surface area (Å²) in [6, 6.07) is 13.1. The Kier molecular flexibility index (Phi) is 9.15. The first-order chi connectivity index (χ1) is 19.9. The molecule has 4 rings (SSSR count). The minimum Gasteiger partial charge on any atom is -0.445 e. The van der Waals surface area contributed by atoms with Gasteiger partial charge in [0.15, 0.2) is 0 Å². The van der Waals surface area contributed by atoms with Crippen LogP contribution in [0.15, 0.2) is 60.7 Å². The van der Waals surface area contributed by atoms with E-state index < -0.39 is 78.2 Å². The lowest BCUT2D eigenvalue weighted by Gasteiger charge is -2.45. The Morgan fingerprint density at radius 2 is 1.57 bits per heavy atom. The zero-order valence-electron chi connectivity index (χ0n) is 23.8. The average molecular weight is 582 g/mol. The van der Waals surface area contributed by atoms with Crippen LogP contribution in [0.1, 0.15) is 44.9 Å². The predicted molar refractivity (Wildman–Crippen MR) is 147 cm³/mol. The van der Waals surface area contributed by atoms with E-state index in [9.17, 15) is 29.1 Å². The summed E-state index contributed by atoms with van der Waals surface area (Å²) >= 11 is 0. The molecule has 2 aromatic rings. The Labute approximate surface area is 243 Å². The largest absolute Gasteiger partial charge is 0.445 e. The number of nitrogens with one attached hydrogen (secondary N) is 2. The molecule has 2 aliphatic rings. The number of ether oxygens (including phenoxy) is 3. The van der Waals surface area contributed by atoms with Crippen molar-refractivity contribution in [3.05, 3.63) is 71.8 Å². The van der Waals surface area contributed by atoms with Crippen LogP contribution in [0.2, 0.25) is 0 Å². The van der Waals surface area contributed by atoms with Crippen molar-refractivity contribution in [1.82, 2.24) is 15.5 Å². The highest BCUT2D eigenvalue weighted by Crippen LogP contribution is 2.40. The van der Waals surface area contributed by atoms with E-state index in [0.717, 1.165) is 5.56 Å². The van der Waals surface area contributed by atoms with E-state index >= 15 is 0 Å². The maximum absolute atomic E-state index is 13.4. The third kappa shape index (κ3) is 6.54. The highest BCUT2D eigenvalue weighted by molar-refractivity contribution is 5.99. The molecule has 12 heteroatoms. The van der Waals surface area contributed by atoms with Crippen LogP contribution in [0.25, 0.3) is 0 Å². The SMILES string of the molecule is CC1C(O)[C@@H]2C(NC(=O)C(NC(=O)OCc3ccccc3)c3ccccc3)C(=O)N2C1C(=O)OCOC(=O)C(C)(C)C. The molecule has 6 atom stereocenters. The molecule has 0 aromatic heterocycles. The number of rotatable bonds is 9. The number of alkyl carbamates (subject to hydrolysis) is 1. The van der Waals surface area contributed by atoms with E-state index in [1.54, 1.807) is 82.3 Å². The molecule has 2 aliphatic heterocycles. The third-order valence-corrected chi connectivity index (χ3v) is 7.28. The van der Waals surface area contributed by atoms with E-state index in [0.29, 0.717) is 5.56 Å². The fourth-order valence-corrected chi connectivity index (χ4v) is 4.95. The Morgan fingerprint density at radius 1 is 0.952 bits per heavy atom. The molecule has 0 bridgehead atoms. The highest BCUT2D eigenvalue weighted by atomic mass is 16.7. The van der Waals surface area contributed by atoms with Crippen LogP contribution in [-0.4, -0.2) is 70.9 Å². The summed E-state index contributed by atoms with van der Waals surface area (Å²) in [5.74, 6) is -3.42. The molecular weight excluding hydrogens is 546 g/mol. The molecule has 2 heterocycles. The number of carbonyl (C=O) groups excluding carboxylic acids is 5. The number of esters is 2. The van der Waals surface area contributed by atoms with Gasteiger partial charge in [-0.2, -0.15) is 0 Å². The number of fused-ring (bicyclic) bond motifs is 1. The standard InChI is InChI=1S/C30H35N3O9/c1-17-22(27(37)41-16-42-28(38)30(2,3)4)33-23(24(17)34)21(26(33)36)31-25(35)20(19-13-9-6-10-14-19)32-29(39)40-15-18-11-7-5-8-12-18/h5-14,17,20-24,34H,15-16H2,1-4H3,(H,31,35)(H,32,39)/t17?,20?,21?,22?,23-,24?/m0/s1. The summed E-state index contributed by atoms with van der Waals surface area (Å²) in [5.41, 5.74) is 0.415. The number of β-lactam (4-membered cyclic amide) rings is 1. The second-order valence-corrected chi connectivity index (χ2v) is 11.3. The van der Waals surface area contributed by atoms with Crippen molar-refractivity contribution >= 4 is 29.8 Å². The summed E-state index contributed by atoms with van der Waals surface area (Å²) in [4.78, 5) is 65.1. The molecule has 3 N–H and O–H groups in total. The van der Waals surface area contributed by atoms with E-state index in [1.165, 1.54) is 4.90 Å². The zero-order valence-corrected chi connectivity index (χ0v) is 23.8. The fraction of sp³-hybridized carbons (Fsp3) is 0.433. The Hall–Kier alpha value is -4.45. The molecular formula is C30H35N3O9. The van der Waals surface area contributed by atoms with Crippen molar-refractivity contribution in [2.45, 2.75) is 64.6 Å². The van der Waals surface area contributed by atoms with Crippen molar-refractivity contribution in [3.8, 4) is 0 Å². The molecule has 5 unspecified atom stereocenters. The van der Waals surface area contributed by atoms with Gasteiger partial charge in [0.05, 0.1) is 17.6 Å². The summed E-state index contributed by atoms with van der Waals surface area (Å²) in [6.45, 7) is 5.89. The van der Waals surface area contributed by atoms with Gasteiger partial charge in [0, 0.05) is 5.92 Å². The number of nitrogens with zero attached hydrogens (tertiary/aromatic N) is 1. The van der Waals surface area contributed by atoms with Gasteiger partial charge in [-0.25, -0.2) is 9.59 Å². The molecule has 0 spiro atoms. The topological polar surface area (TPSA) is 161 Å². The maximum Gasteiger partial charge on any atom is 0.408 e. The first kappa shape index (κ1) is 30.5. The molecule has 3 amide bonds. The average Bonchev–Trinajstić information content (AvgIpc) is 3.20. The Morgan fingerprint density at radius 3 is 2.19 bits per heavy atom. The van der Waals surface area contributed by atoms with Crippen molar-refractivity contribution in [2.24, 2.45) is 11.3 Å². The summed E-state index contributed by atoms with van der Waals surface area (Å²) in [5, 5.41) is 16.0. The molecule has 0 radical (unpaired) electrons. The van der Waals surface area contributed by atoms with Gasteiger partial charge < -0.3 is 34.9 Å². The molecule has 0 saturated carbocycles. The van der Waals surface area contributed by atoms with Gasteiger partial charge in [0.25, 0.3) is 0 Å². The zero-order chi connectivity index (χ0) is 30.6. The van der Waals surface area contributed by atoms with Crippen LogP contribution in [0.3, 0.4) is 0 Å². The van der Waals surface area contributed by atoms with Gasteiger partial charge in [0.2, 0.25) is 18.6 Å². The van der Waals surface area contributed by atoms with Crippen LogP contribution < -0.4 is 10.6 Å². The second kappa shape index (κ2) is 12.6. The fourth-order valence-electron chi connectivity index (χ4n) is 4.95. The minimum absolute atomic E-state index is 0.00901. The number of hydrogen-bond acceptors (Lipinski definition) is 9. The van der Waals surface area contributed by atoms with Gasteiger partial charge in [-0.1, -0.05) is 67.6 Å². The predicted octanol–water partition coefficient (Wildman–Crippen LogP) is 1.82. The van der Waals surface area contributed by atoms with Gasteiger partial charge >= 0.3 is 18.0 Å². The molecule has 2 saturated heterocycles. The second-order valence-electron chi connectivity index (χ2n) is 11.3. The number of aliphatic hydroxyl groups is 1. The van der Waals surface area contributed by atoms with E-state index in [-0.39, 0.29) is 6.61 Å². The molecule has 42 heavy (non-hydrogen) atoms. The number of benzene rings is 2. The normalized spacial score (nSPS) is 23.6. The van der Waals surface area contributed by atoms with E-state index in [1.807, 2.05) is 6.07 Å². The number of amides is 3. The lowest BCUT2D eigenvalue weighted by molar-refractivity contribution is -0.180. The summed E-state index contributed by atoms with van der Waals surface area (Å²) in [7, 11) is 0. The van der Waals surface area contributed by atoms with Gasteiger partial charge in [-0.3, -0.25) is 14.4 Å². The van der Waals surface area contributed by atoms with Crippen molar-refractivity contribution < 1.29 is 43.3 Å². The quantitative estimate of drug-likeness (QED) is 0.228. The minimum atomic E-state index is -1.20. The van der Waals surface area contributed by atoms with Gasteiger partial charge in [-0.05, 0) is 31.9 Å². The summed E-state index contributed by atoms with van der Waals surface area (Å²) < 4.78 is 15.3. The van der Waals surface area contributed by atoms with Gasteiger partial charge in [-0.15, -0.1) is 0 Å². The molecule has 2 aromatic carbocycles. The van der Waals surface area contributed by atoms with Crippen molar-refractivity contribution in [3.63, 3.8) is 0 Å². The number of hydrogen-bond donors (Lipinski definition) is 3. The first-order valence-electron chi connectivity index (χ1n) is 13.6. The molecule has 12 nitrogen and oxygen atoms in total. The van der Waals surface area contributed by atoms with Crippen LogP contribution in [-0.2, 0) is 40.0 Å². The molecule has 2 fully saturated rings.